The zero-order valence-corrected chi connectivity index (χ0v) is 25.8. The van der Waals surface area contributed by atoms with Gasteiger partial charge in [-0.2, -0.15) is 13.2 Å². The van der Waals surface area contributed by atoms with E-state index in [0.717, 1.165) is 43.9 Å². The Morgan fingerprint density at radius 2 is 1.75 bits per heavy atom. The van der Waals surface area contributed by atoms with Crippen LogP contribution in [0.5, 0.6) is 0 Å². The Morgan fingerprint density at radius 3 is 2.32 bits per heavy atom. The number of anilines is 2. The van der Waals surface area contributed by atoms with E-state index in [1.807, 2.05) is 13.8 Å². The van der Waals surface area contributed by atoms with Gasteiger partial charge in [-0.1, -0.05) is 37.3 Å². The van der Waals surface area contributed by atoms with Crippen molar-refractivity contribution in [1.29, 1.82) is 0 Å². The number of fused-ring (bicyclic) bond motifs is 3. The molecule has 1 amide bonds. The Balaban J connectivity index is 1.70. The van der Waals surface area contributed by atoms with Crippen LogP contribution in [0, 0.1) is 5.92 Å². The Labute approximate surface area is 255 Å². The van der Waals surface area contributed by atoms with E-state index in [-0.39, 0.29) is 35.8 Å². The molecular formula is C30H40F3N5O5S. The quantitative estimate of drug-likeness (QED) is 0.239. The van der Waals surface area contributed by atoms with E-state index in [0.29, 0.717) is 5.82 Å². The minimum Gasteiger partial charge on any atom is -0.452 e. The number of sulfone groups is 1. The highest BCUT2D eigenvalue weighted by Crippen LogP contribution is 2.37. The van der Waals surface area contributed by atoms with Crippen molar-refractivity contribution < 1.29 is 35.9 Å². The predicted octanol–water partition coefficient (Wildman–Crippen LogP) is 4.05. The van der Waals surface area contributed by atoms with E-state index in [4.69, 9.17) is 4.74 Å². The summed E-state index contributed by atoms with van der Waals surface area (Å²) in [6, 6.07) is 10.2. The molecule has 1 aromatic heterocycles. The molecule has 0 radical (unpaired) electrons. The van der Waals surface area contributed by atoms with Gasteiger partial charge in [0.05, 0.1) is 6.04 Å². The predicted molar refractivity (Wildman–Crippen MR) is 161 cm³/mol. The fraction of sp³-hybridized carbons (Fsp3) is 0.567. The molecule has 3 fully saturated rings. The van der Waals surface area contributed by atoms with Crippen LogP contribution in [0.25, 0.3) is 0 Å². The number of alkyl halides is 3. The lowest BCUT2D eigenvalue weighted by atomic mass is 9.73. The highest BCUT2D eigenvalue weighted by molar-refractivity contribution is 7.90. The summed E-state index contributed by atoms with van der Waals surface area (Å²) in [6.45, 7) is 3.87. The summed E-state index contributed by atoms with van der Waals surface area (Å²) in [7, 11) is -3.42. The summed E-state index contributed by atoms with van der Waals surface area (Å²) in [5.41, 5.74) is 0.829. The van der Waals surface area contributed by atoms with Crippen LogP contribution in [-0.2, 0) is 25.8 Å². The Morgan fingerprint density at radius 1 is 1.09 bits per heavy atom. The van der Waals surface area contributed by atoms with E-state index in [1.54, 1.807) is 30.3 Å². The summed E-state index contributed by atoms with van der Waals surface area (Å²) in [4.78, 5) is 30.5. The first-order valence-electron chi connectivity index (χ1n) is 14.8. The molecule has 5 rings (SSSR count). The number of aromatic nitrogens is 1. The van der Waals surface area contributed by atoms with Gasteiger partial charge in [-0.05, 0) is 69.1 Å². The van der Waals surface area contributed by atoms with Gasteiger partial charge in [0, 0.05) is 29.9 Å². The zero-order chi connectivity index (χ0) is 32.1. The topological polar surface area (TPSA) is 139 Å². The normalized spacial score (nSPS) is 22.0. The Kier molecular flexibility index (Phi) is 10.8. The van der Waals surface area contributed by atoms with Crippen LogP contribution in [0.3, 0.4) is 0 Å². The van der Waals surface area contributed by atoms with Crippen molar-refractivity contribution in [3.63, 3.8) is 0 Å². The maximum atomic E-state index is 13.8. The number of nitrogens with one attached hydrogen (secondary N) is 4. The lowest BCUT2D eigenvalue weighted by molar-refractivity contribution is -0.209. The molecule has 4 N–H and O–H groups in total. The summed E-state index contributed by atoms with van der Waals surface area (Å²) < 4.78 is 69.3. The maximum Gasteiger partial charge on any atom is 0.490 e. The van der Waals surface area contributed by atoms with Crippen LogP contribution in [0.4, 0.5) is 24.8 Å². The lowest BCUT2D eigenvalue weighted by Crippen LogP contribution is -2.64. The van der Waals surface area contributed by atoms with Crippen molar-refractivity contribution in [3.8, 4) is 0 Å². The molecule has 1 unspecified atom stereocenters. The number of carbonyl (C=O) groups is 2. The second kappa shape index (κ2) is 14.1. The van der Waals surface area contributed by atoms with Crippen molar-refractivity contribution in [3.05, 3.63) is 53.6 Å². The number of halogens is 3. The van der Waals surface area contributed by atoms with Crippen molar-refractivity contribution in [2.24, 2.45) is 5.92 Å². The fourth-order valence-corrected chi connectivity index (χ4v) is 6.18. The molecule has 1 aromatic carbocycles. The highest BCUT2D eigenvalue weighted by Gasteiger charge is 2.49. The summed E-state index contributed by atoms with van der Waals surface area (Å²) in [5.74, 6) is -2.96. The number of esters is 1. The molecular weight excluding hydrogens is 599 g/mol. The molecule has 3 heterocycles. The van der Waals surface area contributed by atoms with Gasteiger partial charge in [0.1, 0.15) is 23.6 Å². The first-order chi connectivity index (χ1) is 20.7. The highest BCUT2D eigenvalue weighted by atomic mass is 32.2. The second-order valence-corrected chi connectivity index (χ2v) is 13.9. The number of piperidine rings is 2. The van der Waals surface area contributed by atoms with E-state index in [9.17, 15) is 31.2 Å². The molecule has 1 aliphatic carbocycles. The van der Waals surface area contributed by atoms with Crippen molar-refractivity contribution in [2.45, 2.75) is 88.8 Å². The summed E-state index contributed by atoms with van der Waals surface area (Å²) in [5, 5.41) is 12.1. The number of rotatable bonds is 13. The number of carbonyl (C=O) groups excluding carboxylic acids is 2. The minimum absolute atomic E-state index is 0.0200. The minimum atomic E-state index is -5.21. The number of hydrogen-bond donors (Lipinski definition) is 4. The van der Waals surface area contributed by atoms with Crippen LogP contribution in [0.1, 0.15) is 61.9 Å². The number of nitrogens with zero attached hydrogens (tertiary/aromatic N) is 1. The van der Waals surface area contributed by atoms with Gasteiger partial charge < -0.3 is 26.0 Å². The molecule has 2 saturated heterocycles. The number of ether oxygens (including phenoxy) is 1. The standard InChI is InChI=1S/C30H40F3N5O5S/c1-4-18(2)35-25-16-21(15-24(38-25)34-17-44(3,41)42)28(39)37-23(14-19-8-6-5-7-9-19)27(43-29(40)30(31,32)33)26-20-10-12-22(36-26)13-11-20/h5-9,15-16,18,20,22-23,26-27,36H,4,10-14,17H2,1-3H3,(H,37,39)(H2,34,35,38)/t18?,20?,22?,23-,26+,27-/m0/s1. The molecule has 44 heavy (non-hydrogen) atoms. The van der Waals surface area contributed by atoms with Gasteiger partial charge >= 0.3 is 12.1 Å². The van der Waals surface area contributed by atoms with E-state index in [1.165, 1.54) is 12.1 Å². The second-order valence-electron chi connectivity index (χ2n) is 11.8. The third-order valence-corrected chi connectivity index (χ3v) is 8.83. The Hall–Kier alpha value is -3.39. The fourth-order valence-electron chi connectivity index (χ4n) is 5.77. The number of pyridine rings is 1. The van der Waals surface area contributed by atoms with Crippen molar-refractivity contribution >= 4 is 33.3 Å². The molecule has 0 spiro atoms. The van der Waals surface area contributed by atoms with Crippen molar-refractivity contribution in [1.82, 2.24) is 15.6 Å². The number of amides is 1. The molecule has 2 bridgehead atoms. The van der Waals surface area contributed by atoms with E-state index >= 15 is 0 Å². The molecule has 2 aliphatic heterocycles. The molecule has 14 heteroatoms. The molecule has 4 atom stereocenters. The van der Waals surface area contributed by atoms with Gasteiger partial charge in [0.15, 0.2) is 9.84 Å². The third-order valence-electron chi connectivity index (χ3n) is 8.16. The largest absolute Gasteiger partial charge is 0.490 e. The summed E-state index contributed by atoms with van der Waals surface area (Å²) >= 11 is 0. The smallest absolute Gasteiger partial charge is 0.452 e. The Bertz CT molecular complexity index is 1400. The molecule has 2 aromatic rings. The maximum absolute atomic E-state index is 13.8. The number of benzene rings is 1. The SMILES string of the molecule is CCC(C)Nc1cc(C(=O)N[C@@H](Cc2ccccc2)[C@H](OC(=O)C(F)(F)F)[C@@H]2NC3CCC2CC3)cc(NCS(C)(=O)=O)n1. The van der Waals surface area contributed by atoms with Gasteiger partial charge in [0.2, 0.25) is 0 Å². The average Bonchev–Trinajstić information content (AvgIpc) is 2.98. The van der Waals surface area contributed by atoms with Crippen LogP contribution < -0.4 is 21.3 Å². The first kappa shape index (κ1) is 33.5. The van der Waals surface area contributed by atoms with Gasteiger partial charge in [-0.3, -0.25) is 4.79 Å². The van der Waals surface area contributed by atoms with E-state index < -0.39 is 52.0 Å². The van der Waals surface area contributed by atoms with Gasteiger partial charge in [-0.15, -0.1) is 0 Å². The number of hydrogen-bond acceptors (Lipinski definition) is 9. The molecule has 1 saturated carbocycles. The molecule has 242 valence electrons. The molecule has 3 aliphatic rings. The summed E-state index contributed by atoms with van der Waals surface area (Å²) in [6.07, 6.45) is -1.33. The van der Waals surface area contributed by atoms with Crippen molar-refractivity contribution in [2.75, 3.05) is 22.8 Å². The first-order valence-corrected chi connectivity index (χ1v) is 16.9. The average molecular weight is 640 g/mol. The van der Waals surface area contributed by atoms with Gasteiger partial charge in [-0.25, -0.2) is 18.2 Å². The third kappa shape index (κ3) is 9.31. The van der Waals surface area contributed by atoms with Crippen LogP contribution in [-0.4, -0.2) is 73.9 Å². The monoisotopic (exact) mass is 639 g/mol. The van der Waals surface area contributed by atoms with E-state index in [2.05, 4.69) is 26.3 Å². The zero-order valence-electron chi connectivity index (χ0n) is 25.0. The van der Waals surface area contributed by atoms with Crippen LogP contribution in [0.15, 0.2) is 42.5 Å². The van der Waals surface area contributed by atoms with Gasteiger partial charge in [0.25, 0.3) is 5.91 Å². The molecule has 10 nitrogen and oxygen atoms in total. The van der Waals surface area contributed by atoms with Crippen LogP contribution in [0.2, 0.25) is 0 Å². The lowest BCUT2D eigenvalue weighted by Gasteiger charge is -2.48. The van der Waals surface area contributed by atoms with Crippen LogP contribution >= 0.6 is 0 Å².